The second-order valence-electron chi connectivity index (χ2n) is 5.96. The van der Waals surface area contributed by atoms with Gasteiger partial charge in [-0.15, -0.1) is 0 Å². The molecule has 112 valence electrons. The Hall–Kier alpha value is -1.88. The molecule has 5 nitrogen and oxygen atoms in total. The van der Waals surface area contributed by atoms with Gasteiger partial charge in [0.15, 0.2) is 0 Å². The molecule has 1 heterocycles. The third-order valence-electron chi connectivity index (χ3n) is 4.49. The normalized spacial score (nSPS) is 23.3. The smallest absolute Gasteiger partial charge is 0.314 e. The van der Waals surface area contributed by atoms with Crippen molar-refractivity contribution in [3.63, 3.8) is 0 Å². The number of hydrogen-bond acceptors (Lipinski definition) is 3. The topological polar surface area (TPSA) is 78.4 Å². The van der Waals surface area contributed by atoms with E-state index in [0.29, 0.717) is 12.8 Å². The number of rotatable bonds is 4. The highest BCUT2D eigenvalue weighted by molar-refractivity contribution is 5.95. The largest absolute Gasteiger partial charge is 0.481 e. The molecule has 1 saturated carbocycles. The van der Waals surface area contributed by atoms with Gasteiger partial charge in [0, 0.05) is 5.69 Å². The molecule has 1 aliphatic carbocycles. The van der Waals surface area contributed by atoms with Gasteiger partial charge in [0.25, 0.3) is 0 Å². The van der Waals surface area contributed by atoms with Gasteiger partial charge < -0.3 is 15.7 Å². The van der Waals surface area contributed by atoms with Crippen molar-refractivity contribution >= 4 is 17.6 Å². The van der Waals surface area contributed by atoms with Gasteiger partial charge in [-0.05, 0) is 49.9 Å². The van der Waals surface area contributed by atoms with E-state index in [2.05, 4.69) is 10.6 Å². The van der Waals surface area contributed by atoms with Crippen LogP contribution < -0.4 is 10.6 Å². The van der Waals surface area contributed by atoms with Gasteiger partial charge >= 0.3 is 5.97 Å². The molecule has 1 amide bonds. The number of carbonyl (C=O) groups excluding carboxylic acids is 1. The molecule has 0 spiro atoms. The van der Waals surface area contributed by atoms with Crippen molar-refractivity contribution in [2.45, 2.75) is 43.6 Å². The third-order valence-corrected chi connectivity index (χ3v) is 4.49. The lowest BCUT2D eigenvalue weighted by molar-refractivity contribution is -0.140. The molecule has 0 unspecified atom stereocenters. The summed E-state index contributed by atoms with van der Waals surface area (Å²) in [6.45, 7) is 0.887. The molecule has 5 heteroatoms. The Kier molecular flexibility index (Phi) is 3.68. The Morgan fingerprint density at radius 3 is 2.43 bits per heavy atom. The monoisotopic (exact) mass is 288 g/mol. The molecule has 2 aliphatic rings. The first-order valence-corrected chi connectivity index (χ1v) is 7.50. The standard InChI is InChI=1S/C16H20N2O3/c19-14(13-3-1-2-10-17-13)18-12-6-4-11(5-7-12)16(8-9-16)15(20)21/h4-7,13,17H,1-3,8-10H2,(H,18,19)(H,20,21)/t13-/m1/s1. The van der Waals surface area contributed by atoms with E-state index in [0.717, 1.165) is 37.1 Å². The molecule has 1 aromatic rings. The molecular weight excluding hydrogens is 268 g/mol. The molecule has 2 fully saturated rings. The fourth-order valence-corrected chi connectivity index (χ4v) is 2.93. The maximum atomic E-state index is 12.1. The molecule has 0 aromatic heterocycles. The minimum atomic E-state index is -0.759. The number of anilines is 1. The van der Waals surface area contributed by atoms with Crippen LogP contribution in [0.3, 0.4) is 0 Å². The van der Waals surface area contributed by atoms with Crippen molar-refractivity contribution < 1.29 is 14.7 Å². The number of benzene rings is 1. The average Bonchev–Trinajstić information content (AvgIpc) is 3.31. The average molecular weight is 288 g/mol. The van der Waals surface area contributed by atoms with Crippen molar-refractivity contribution in [3.8, 4) is 0 Å². The van der Waals surface area contributed by atoms with Crippen LogP contribution in [0, 0.1) is 0 Å². The van der Waals surface area contributed by atoms with Crippen LogP contribution in [0.5, 0.6) is 0 Å². The van der Waals surface area contributed by atoms with E-state index in [1.54, 1.807) is 12.1 Å². The Morgan fingerprint density at radius 1 is 1.19 bits per heavy atom. The van der Waals surface area contributed by atoms with Gasteiger partial charge in [-0.3, -0.25) is 9.59 Å². The number of aliphatic carboxylic acids is 1. The Labute approximate surface area is 123 Å². The zero-order valence-corrected chi connectivity index (χ0v) is 11.9. The lowest BCUT2D eigenvalue weighted by Gasteiger charge is -2.22. The molecule has 1 atom stereocenters. The van der Waals surface area contributed by atoms with E-state index in [1.165, 1.54) is 0 Å². The summed E-state index contributed by atoms with van der Waals surface area (Å²) in [7, 11) is 0. The van der Waals surface area contributed by atoms with E-state index in [1.807, 2.05) is 12.1 Å². The predicted molar refractivity (Wildman–Crippen MR) is 79.3 cm³/mol. The van der Waals surface area contributed by atoms with E-state index in [4.69, 9.17) is 0 Å². The SMILES string of the molecule is O=C(Nc1ccc(C2(C(=O)O)CC2)cc1)[C@H]1CCCCN1. The van der Waals surface area contributed by atoms with E-state index in [9.17, 15) is 14.7 Å². The van der Waals surface area contributed by atoms with Crippen molar-refractivity contribution in [1.29, 1.82) is 0 Å². The number of nitrogens with one attached hydrogen (secondary N) is 2. The Morgan fingerprint density at radius 2 is 1.90 bits per heavy atom. The van der Waals surface area contributed by atoms with Crippen molar-refractivity contribution in [1.82, 2.24) is 5.32 Å². The van der Waals surface area contributed by atoms with Gasteiger partial charge in [0.2, 0.25) is 5.91 Å². The summed E-state index contributed by atoms with van der Waals surface area (Å²) in [6.07, 6.45) is 4.45. The molecule has 1 aliphatic heterocycles. The minimum absolute atomic E-state index is 0.0122. The lowest BCUT2D eigenvalue weighted by Crippen LogP contribution is -2.43. The Bertz CT molecular complexity index is 543. The van der Waals surface area contributed by atoms with Gasteiger partial charge in [-0.2, -0.15) is 0 Å². The highest BCUT2D eigenvalue weighted by Gasteiger charge is 2.51. The third kappa shape index (κ3) is 2.78. The summed E-state index contributed by atoms with van der Waals surface area (Å²) >= 11 is 0. The summed E-state index contributed by atoms with van der Waals surface area (Å²) in [6, 6.07) is 7.08. The number of carbonyl (C=O) groups is 2. The lowest BCUT2D eigenvalue weighted by atomic mass is 9.96. The van der Waals surface area contributed by atoms with Crippen LogP contribution in [0.25, 0.3) is 0 Å². The fourth-order valence-electron chi connectivity index (χ4n) is 2.93. The van der Waals surface area contributed by atoms with Gasteiger partial charge in [-0.1, -0.05) is 18.6 Å². The van der Waals surface area contributed by atoms with Crippen LogP contribution in [0.15, 0.2) is 24.3 Å². The highest BCUT2D eigenvalue weighted by Crippen LogP contribution is 2.48. The summed E-state index contributed by atoms with van der Waals surface area (Å²) in [5.74, 6) is -0.771. The second-order valence-corrected chi connectivity index (χ2v) is 5.96. The van der Waals surface area contributed by atoms with Crippen molar-refractivity contribution in [2.24, 2.45) is 0 Å². The van der Waals surface area contributed by atoms with Gasteiger partial charge in [0.05, 0.1) is 11.5 Å². The number of carboxylic acids is 1. The molecular formula is C16H20N2O3. The van der Waals surface area contributed by atoms with Gasteiger partial charge in [0.1, 0.15) is 0 Å². The molecule has 21 heavy (non-hydrogen) atoms. The quantitative estimate of drug-likeness (QED) is 0.790. The molecule has 1 saturated heterocycles. The van der Waals surface area contributed by atoms with Crippen molar-refractivity contribution in [3.05, 3.63) is 29.8 Å². The van der Waals surface area contributed by atoms with E-state index in [-0.39, 0.29) is 11.9 Å². The van der Waals surface area contributed by atoms with Crippen molar-refractivity contribution in [2.75, 3.05) is 11.9 Å². The second kappa shape index (κ2) is 5.48. The van der Waals surface area contributed by atoms with Crippen LogP contribution in [0.2, 0.25) is 0 Å². The van der Waals surface area contributed by atoms with Crippen LogP contribution >= 0.6 is 0 Å². The molecule has 3 N–H and O–H groups in total. The molecule has 1 aromatic carbocycles. The predicted octanol–water partition coefficient (Wildman–Crippen LogP) is 1.88. The highest BCUT2D eigenvalue weighted by atomic mass is 16.4. The van der Waals surface area contributed by atoms with E-state index >= 15 is 0 Å². The first-order valence-electron chi connectivity index (χ1n) is 7.50. The number of piperidine rings is 1. The minimum Gasteiger partial charge on any atom is -0.481 e. The van der Waals surface area contributed by atoms with Crippen LogP contribution in [0.4, 0.5) is 5.69 Å². The maximum absolute atomic E-state index is 12.1. The first-order chi connectivity index (χ1) is 10.1. The summed E-state index contributed by atoms with van der Waals surface area (Å²) in [4.78, 5) is 23.4. The van der Waals surface area contributed by atoms with Gasteiger partial charge in [-0.25, -0.2) is 0 Å². The zero-order valence-electron chi connectivity index (χ0n) is 11.9. The van der Waals surface area contributed by atoms with E-state index < -0.39 is 11.4 Å². The summed E-state index contributed by atoms with van der Waals surface area (Å²) in [5, 5.41) is 15.4. The summed E-state index contributed by atoms with van der Waals surface area (Å²) < 4.78 is 0. The Balaban J connectivity index is 1.65. The maximum Gasteiger partial charge on any atom is 0.314 e. The van der Waals surface area contributed by atoms with Crippen LogP contribution in [-0.2, 0) is 15.0 Å². The molecule has 0 bridgehead atoms. The summed E-state index contributed by atoms with van der Waals surface area (Å²) in [5.41, 5.74) is 0.856. The molecule has 3 rings (SSSR count). The molecule has 0 radical (unpaired) electrons. The van der Waals surface area contributed by atoms with Crippen LogP contribution in [0.1, 0.15) is 37.7 Å². The van der Waals surface area contributed by atoms with Crippen LogP contribution in [-0.4, -0.2) is 29.6 Å². The number of amides is 1. The number of hydrogen-bond donors (Lipinski definition) is 3. The fraction of sp³-hybridized carbons (Fsp3) is 0.500. The zero-order chi connectivity index (χ0) is 14.9. The number of carboxylic acid groups (broad SMARTS) is 1. The first kappa shape index (κ1) is 14.1.